The summed E-state index contributed by atoms with van der Waals surface area (Å²) < 4.78 is 17.1. The maximum absolute atomic E-state index is 5.64. The normalized spacial score (nSPS) is 10.5. The number of methoxy groups -OCH3 is 1. The van der Waals surface area contributed by atoms with E-state index in [1.54, 1.807) is 7.11 Å². The molecule has 0 bridgehead atoms. The average molecular weight is 408 g/mol. The number of rotatable bonds is 5. The van der Waals surface area contributed by atoms with Gasteiger partial charge in [-0.25, -0.2) is 0 Å². The second-order valence-corrected chi connectivity index (χ2v) is 5.73. The highest BCUT2D eigenvalue weighted by molar-refractivity contribution is 14.1. The number of nitrogens with zero attached hydrogens (tertiary/aromatic N) is 2. The molecule has 0 unspecified atom stereocenters. The van der Waals surface area contributed by atoms with E-state index in [-0.39, 0.29) is 6.61 Å². The van der Waals surface area contributed by atoms with Crippen molar-refractivity contribution in [1.29, 1.82) is 0 Å². The van der Waals surface area contributed by atoms with E-state index in [9.17, 15) is 0 Å². The van der Waals surface area contributed by atoms with Crippen LogP contribution in [0, 0.1) is 3.57 Å². The van der Waals surface area contributed by atoms with Crippen LogP contribution in [0.25, 0.3) is 11.4 Å². The van der Waals surface area contributed by atoms with Crippen molar-refractivity contribution in [1.82, 2.24) is 10.1 Å². The highest BCUT2D eigenvalue weighted by atomic mass is 127. The van der Waals surface area contributed by atoms with Crippen molar-refractivity contribution in [2.75, 3.05) is 7.11 Å². The molecule has 3 rings (SSSR count). The molecule has 3 aromatic rings. The quantitative estimate of drug-likeness (QED) is 0.599. The number of hydrogen-bond donors (Lipinski definition) is 0. The molecule has 6 heteroatoms. The van der Waals surface area contributed by atoms with E-state index in [2.05, 4.69) is 32.7 Å². The van der Waals surface area contributed by atoms with Gasteiger partial charge in [-0.3, -0.25) is 0 Å². The van der Waals surface area contributed by atoms with Crippen molar-refractivity contribution >= 4 is 22.6 Å². The molecular formula is C16H13IN2O3. The average Bonchev–Trinajstić information content (AvgIpc) is 3.02. The van der Waals surface area contributed by atoms with Gasteiger partial charge in [-0.05, 0) is 65.1 Å². The summed E-state index contributed by atoms with van der Waals surface area (Å²) in [5.41, 5.74) is 0.866. The Balaban J connectivity index is 1.68. The zero-order valence-electron chi connectivity index (χ0n) is 11.8. The first-order chi connectivity index (χ1) is 10.7. The van der Waals surface area contributed by atoms with Crippen LogP contribution in [0.3, 0.4) is 0 Å². The second kappa shape index (κ2) is 6.78. The fourth-order valence-corrected chi connectivity index (χ4v) is 2.39. The van der Waals surface area contributed by atoms with E-state index in [1.807, 2.05) is 48.5 Å². The molecule has 0 amide bonds. The molecule has 0 aliphatic rings. The van der Waals surface area contributed by atoms with Crippen LogP contribution in [-0.4, -0.2) is 17.3 Å². The summed E-state index contributed by atoms with van der Waals surface area (Å²) in [6, 6.07) is 15.3. The van der Waals surface area contributed by atoms with Crippen molar-refractivity contribution in [3.8, 4) is 22.9 Å². The van der Waals surface area contributed by atoms with E-state index in [4.69, 9.17) is 14.0 Å². The third kappa shape index (κ3) is 3.56. The van der Waals surface area contributed by atoms with Gasteiger partial charge in [0.2, 0.25) is 5.82 Å². The van der Waals surface area contributed by atoms with Crippen LogP contribution < -0.4 is 9.47 Å². The highest BCUT2D eigenvalue weighted by Crippen LogP contribution is 2.20. The third-order valence-corrected chi connectivity index (χ3v) is 3.65. The van der Waals surface area contributed by atoms with Gasteiger partial charge in [0, 0.05) is 9.13 Å². The summed E-state index contributed by atoms with van der Waals surface area (Å²) in [6.45, 7) is 0.239. The molecule has 0 aliphatic carbocycles. The summed E-state index contributed by atoms with van der Waals surface area (Å²) >= 11 is 2.24. The molecule has 0 saturated carbocycles. The van der Waals surface area contributed by atoms with E-state index in [0.717, 1.165) is 20.6 Å². The van der Waals surface area contributed by atoms with E-state index < -0.39 is 0 Å². The molecule has 0 N–H and O–H groups in total. The SMILES string of the molecule is COc1ccc(-c2noc(COc3cccc(I)c3)n2)cc1. The van der Waals surface area contributed by atoms with Gasteiger partial charge in [-0.1, -0.05) is 11.2 Å². The Labute approximate surface area is 141 Å². The topological polar surface area (TPSA) is 57.4 Å². The Kier molecular flexibility index (Phi) is 4.57. The molecule has 22 heavy (non-hydrogen) atoms. The van der Waals surface area contributed by atoms with Gasteiger partial charge in [0.15, 0.2) is 6.61 Å². The van der Waals surface area contributed by atoms with Gasteiger partial charge < -0.3 is 14.0 Å². The Hall–Kier alpha value is -2.09. The van der Waals surface area contributed by atoms with Gasteiger partial charge >= 0.3 is 0 Å². The van der Waals surface area contributed by atoms with Gasteiger partial charge in [0.05, 0.1) is 7.11 Å². The van der Waals surface area contributed by atoms with Crippen LogP contribution in [0.1, 0.15) is 5.89 Å². The van der Waals surface area contributed by atoms with Crippen molar-refractivity contribution in [2.45, 2.75) is 6.61 Å². The standard InChI is InChI=1S/C16H13IN2O3/c1-20-13-7-5-11(6-8-13)16-18-15(22-19-16)10-21-14-4-2-3-12(17)9-14/h2-9H,10H2,1H3. The zero-order chi connectivity index (χ0) is 15.4. The van der Waals surface area contributed by atoms with Gasteiger partial charge in [0.25, 0.3) is 5.89 Å². The monoisotopic (exact) mass is 408 g/mol. The largest absolute Gasteiger partial charge is 0.497 e. The minimum absolute atomic E-state index is 0.239. The lowest BCUT2D eigenvalue weighted by atomic mass is 10.2. The van der Waals surface area contributed by atoms with Crippen LogP contribution in [0.4, 0.5) is 0 Å². The van der Waals surface area contributed by atoms with Crippen LogP contribution in [0.15, 0.2) is 53.1 Å². The minimum atomic E-state index is 0.239. The van der Waals surface area contributed by atoms with Crippen LogP contribution in [0.5, 0.6) is 11.5 Å². The Morgan fingerprint density at radius 2 is 1.91 bits per heavy atom. The summed E-state index contributed by atoms with van der Waals surface area (Å²) in [5, 5.41) is 3.96. The first-order valence-electron chi connectivity index (χ1n) is 6.60. The van der Waals surface area contributed by atoms with Crippen LogP contribution in [-0.2, 0) is 6.61 Å². The fourth-order valence-electron chi connectivity index (χ4n) is 1.87. The molecule has 0 radical (unpaired) electrons. The molecule has 1 heterocycles. The molecule has 0 spiro atoms. The summed E-state index contributed by atoms with van der Waals surface area (Å²) in [6.07, 6.45) is 0. The molecule has 0 aliphatic heterocycles. The van der Waals surface area contributed by atoms with E-state index >= 15 is 0 Å². The van der Waals surface area contributed by atoms with Crippen molar-refractivity contribution in [3.05, 3.63) is 58.0 Å². The molecule has 0 atom stereocenters. The summed E-state index contributed by atoms with van der Waals surface area (Å²) in [4.78, 5) is 4.33. The lowest BCUT2D eigenvalue weighted by Gasteiger charge is -2.02. The summed E-state index contributed by atoms with van der Waals surface area (Å²) in [7, 11) is 1.63. The Morgan fingerprint density at radius 1 is 1.09 bits per heavy atom. The lowest BCUT2D eigenvalue weighted by molar-refractivity contribution is 0.243. The predicted octanol–water partition coefficient (Wildman–Crippen LogP) is 3.93. The lowest BCUT2D eigenvalue weighted by Crippen LogP contribution is -1.95. The maximum Gasteiger partial charge on any atom is 0.264 e. The molecule has 0 saturated heterocycles. The Morgan fingerprint density at radius 3 is 2.64 bits per heavy atom. The minimum Gasteiger partial charge on any atom is -0.497 e. The van der Waals surface area contributed by atoms with Crippen LogP contribution in [0.2, 0.25) is 0 Å². The zero-order valence-corrected chi connectivity index (χ0v) is 14.0. The smallest absolute Gasteiger partial charge is 0.264 e. The fraction of sp³-hybridized carbons (Fsp3) is 0.125. The van der Waals surface area contributed by atoms with Gasteiger partial charge in [-0.15, -0.1) is 0 Å². The number of halogens is 1. The maximum atomic E-state index is 5.64. The molecule has 112 valence electrons. The van der Waals surface area contributed by atoms with Crippen molar-refractivity contribution in [2.24, 2.45) is 0 Å². The first-order valence-corrected chi connectivity index (χ1v) is 7.68. The van der Waals surface area contributed by atoms with Crippen molar-refractivity contribution in [3.63, 3.8) is 0 Å². The molecule has 5 nitrogen and oxygen atoms in total. The van der Waals surface area contributed by atoms with Gasteiger partial charge in [-0.2, -0.15) is 4.98 Å². The number of ether oxygens (including phenoxy) is 2. The van der Waals surface area contributed by atoms with E-state index in [0.29, 0.717) is 11.7 Å². The second-order valence-electron chi connectivity index (χ2n) is 4.49. The molecule has 1 aromatic heterocycles. The Bertz CT molecular complexity index is 756. The predicted molar refractivity (Wildman–Crippen MR) is 89.8 cm³/mol. The third-order valence-electron chi connectivity index (χ3n) is 2.97. The number of hydrogen-bond acceptors (Lipinski definition) is 5. The van der Waals surface area contributed by atoms with E-state index in [1.165, 1.54) is 0 Å². The molecule has 2 aromatic carbocycles. The molecular weight excluding hydrogens is 395 g/mol. The highest BCUT2D eigenvalue weighted by Gasteiger charge is 2.09. The number of aromatic nitrogens is 2. The van der Waals surface area contributed by atoms with Crippen molar-refractivity contribution < 1.29 is 14.0 Å². The molecule has 0 fully saturated rings. The summed E-state index contributed by atoms with van der Waals surface area (Å²) in [5.74, 6) is 2.53. The first kappa shape index (κ1) is 14.8. The van der Waals surface area contributed by atoms with Crippen LogP contribution >= 0.6 is 22.6 Å². The van der Waals surface area contributed by atoms with Gasteiger partial charge in [0.1, 0.15) is 11.5 Å². The number of benzene rings is 2.